The van der Waals surface area contributed by atoms with Gasteiger partial charge in [-0.05, 0) is 11.5 Å². The number of hydrogen-bond donors (Lipinski definition) is 1. The van der Waals surface area contributed by atoms with Crippen LogP contribution in [-0.2, 0) is 16.1 Å². The maximum atomic E-state index is 11.8. The van der Waals surface area contributed by atoms with E-state index in [9.17, 15) is 9.59 Å². The Morgan fingerprint density at radius 3 is 2.62 bits per heavy atom. The summed E-state index contributed by atoms with van der Waals surface area (Å²) in [5.74, 6) is -0.566. The quantitative estimate of drug-likeness (QED) is 0.474. The number of ether oxygens (including phenoxy) is 1. The van der Waals surface area contributed by atoms with Crippen molar-refractivity contribution in [2.75, 3.05) is 0 Å². The van der Waals surface area contributed by atoms with Gasteiger partial charge in [0.15, 0.2) is 0 Å². The van der Waals surface area contributed by atoms with Gasteiger partial charge in [-0.2, -0.15) is 4.79 Å². The SMILES string of the molecule is CCC(C)C(NC(=O)OCc1ccccc1)C(=O)C=[N+]=[N-]. The highest BCUT2D eigenvalue weighted by Crippen LogP contribution is 2.09. The number of hydrogen-bond acceptors (Lipinski definition) is 3. The molecule has 0 aliphatic carbocycles. The summed E-state index contributed by atoms with van der Waals surface area (Å²) >= 11 is 0. The number of nitrogens with zero attached hydrogens (tertiary/aromatic N) is 2. The smallest absolute Gasteiger partial charge is 0.408 e. The van der Waals surface area contributed by atoms with E-state index in [1.165, 1.54) is 0 Å². The Hall–Kier alpha value is -2.46. The van der Waals surface area contributed by atoms with Crippen LogP contribution in [0.5, 0.6) is 0 Å². The number of benzene rings is 1. The molecule has 1 aromatic rings. The molecule has 0 aliphatic rings. The number of ketones is 1. The first kappa shape index (κ1) is 16.6. The van der Waals surface area contributed by atoms with Gasteiger partial charge < -0.3 is 15.6 Å². The molecule has 0 radical (unpaired) electrons. The van der Waals surface area contributed by atoms with Crippen LogP contribution < -0.4 is 5.32 Å². The number of Topliss-reactive ketones (excluding diaryl/α,β-unsaturated/α-hetero) is 1. The summed E-state index contributed by atoms with van der Waals surface area (Å²) in [6.07, 6.45) is 0.798. The molecule has 0 bridgehead atoms. The van der Waals surface area contributed by atoms with Crippen LogP contribution in [0.25, 0.3) is 5.53 Å². The third-order valence-electron chi connectivity index (χ3n) is 3.19. The van der Waals surface area contributed by atoms with Crippen molar-refractivity contribution in [2.24, 2.45) is 5.92 Å². The molecule has 1 rings (SSSR count). The summed E-state index contributed by atoms with van der Waals surface area (Å²) in [7, 11) is 0. The summed E-state index contributed by atoms with van der Waals surface area (Å²) in [6.45, 7) is 3.85. The van der Waals surface area contributed by atoms with E-state index in [0.717, 1.165) is 11.8 Å². The third kappa shape index (κ3) is 5.58. The average Bonchev–Trinajstić information content (AvgIpc) is 2.51. The lowest BCUT2D eigenvalue weighted by atomic mass is 9.96. The topological polar surface area (TPSA) is 91.8 Å². The fraction of sp³-hybridized carbons (Fsp3) is 0.400. The highest BCUT2D eigenvalue weighted by atomic mass is 16.5. The maximum absolute atomic E-state index is 11.8. The van der Waals surface area contributed by atoms with Crippen LogP contribution in [-0.4, -0.2) is 28.9 Å². The first-order valence-corrected chi connectivity index (χ1v) is 6.77. The van der Waals surface area contributed by atoms with Crippen molar-refractivity contribution in [2.45, 2.75) is 32.9 Å². The second-order valence-electron chi connectivity index (χ2n) is 4.72. The second-order valence-corrected chi connectivity index (χ2v) is 4.72. The Kier molecular flexibility index (Phi) is 6.84. The average molecular weight is 289 g/mol. The van der Waals surface area contributed by atoms with Crippen molar-refractivity contribution in [3.05, 3.63) is 41.4 Å². The first-order chi connectivity index (χ1) is 10.1. The van der Waals surface area contributed by atoms with E-state index in [1.807, 2.05) is 44.2 Å². The lowest BCUT2D eigenvalue weighted by molar-refractivity contribution is -0.118. The van der Waals surface area contributed by atoms with Crippen LogP contribution >= 0.6 is 0 Å². The summed E-state index contributed by atoms with van der Waals surface area (Å²) in [6, 6.07) is 8.47. The van der Waals surface area contributed by atoms with Crippen molar-refractivity contribution >= 4 is 18.1 Å². The Morgan fingerprint density at radius 2 is 2.05 bits per heavy atom. The van der Waals surface area contributed by atoms with Gasteiger partial charge in [0.25, 0.3) is 5.78 Å². The Balaban J connectivity index is 2.59. The van der Waals surface area contributed by atoms with Crippen molar-refractivity contribution in [3.8, 4) is 0 Å². The molecule has 2 atom stereocenters. The predicted molar refractivity (Wildman–Crippen MR) is 77.7 cm³/mol. The van der Waals surface area contributed by atoms with Gasteiger partial charge in [-0.15, -0.1) is 0 Å². The van der Waals surface area contributed by atoms with E-state index in [2.05, 4.69) is 10.1 Å². The second kappa shape index (κ2) is 8.66. The van der Waals surface area contributed by atoms with E-state index in [1.54, 1.807) is 0 Å². The molecule has 21 heavy (non-hydrogen) atoms. The van der Waals surface area contributed by atoms with Crippen molar-refractivity contribution < 1.29 is 19.1 Å². The molecule has 6 heteroatoms. The van der Waals surface area contributed by atoms with Gasteiger partial charge in [-0.1, -0.05) is 50.6 Å². The van der Waals surface area contributed by atoms with Crippen molar-refractivity contribution in [1.82, 2.24) is 5.32 Å². The minimum absolute atomic E-state index is 0.0974. The molecule has 1 amide bonds. The monoisotopic (exact) mass is 289 g/mol. The van der Waals surface area contributed by atoms with E-state index in [4.69, 9.17) is 10.3 Å². The summed E-state index contributed by atoms with van der Waals surface area (Å²) in [5.41, 5.74) is 9.29. The molecule has 0 fully saturated rings. The van der Waals surface area contributed by atoms with Gasteiger partial charge in [-0.3, -0.25) is 4.79 Å². The van der Waals surface area contributed by atoms with Crippen LogP contribution in [0.2, 0.25) is 0 Å². The van der Waals surface area contributed by atoms with E-state index in [-0.39, 0.29) is 12.5 Å². The number of rotatable bonds is 7. The molecule has 6 nitrogen and oxygen atoms in total. The van der Waals surface area contributed by atoms with Crippen LogP contribution in [0.4, 0.5) is 4.79 Å². The van der Waals surface area contributed by atoms with Gasteiger partial charge in [0.2, 0.25) is 0 Å². The van der Waals surface area contributed by atoms with Crippen LogP contribution in [0.15, 0.2) is 30.3 Å². The zero-order chi connectivity index (χ0) is 15.7. The fourth-order valence-corrected chi connectivity index (χ4v) is 1.76. The highest BCUT2D eigenvalue weighted by Gasteiger charge is 2.27. The largest absolute Gasteiger partial charge is 0.445 e. The van der Waals surface area contributed by atoms with Gasteiger partial charge in [0, 0.05) is 0 Å². The summed E-state index contributed by atoms with van der Waals surface area (Å²) in [5, 5.41) is 2.51. The Labute approximate surface area is 123 Å². The minimum Gasteiger partial charge on any atom is -0.445 e. The van der Waals surface area contributed by atoms with Gasteiger partial charge >= 0.3 is 12.3 Å². The van der Waals surface area contributed by atoms with Crippen LogP contribution in [0.3, 0.4) is 0 Å². The van der Waals surface area contributed by atoms with Crippen LogP contribution in [0, 0.1) is 5.92 Å². The summed E-state index contributed by atoms with van der Waals surface area (Å²) in [4.78, 5) is 26.2. The number of nitrogens with one attached hydrogen (secondary N) is 1. The van der Waals surface area contributed by atoms with E-state index in [0.29, 0.717) is 6.42 Å². The van der Waals surface area contributed by atoms with Gasteiger partial charge in [-0.25, -0.2) is 4.79 Å². The maximum Gasteiger partial charge on any atom is 0.408 e. The molecular weight excluding hydrogens is 270 g/mol. The molecule has 1 N–H and O–H groups in total. The normalized spacial score (nSPS) is 12.7. The van der Waals surface area contributed by atoms with E-state index < -0.39 is 17.9 Å². The molecule has 0 aliphatic heterocycles. The summed E-state index contributed by atoms with van der Waals surface area (Å²) < 4.78 is 5.07. The highest BCUT2D eigenvalue weighted by molar-refractivity contribution is 6.28. The lowest BCUT2D eigenvalue weighted by Gasteiger charge is -2.20. The first-order valence-electron chi connectivity index (χ1n) is 6.77. The molecule has 0 saturated heterocycles. The molecule has 0 saturated carbocycles. The third-order valence-corrected chi connectivity index (χ3v) is 3.19. The molecule has 1 aromatic carbocycles. The molecule has 2 unspecified atom stereocenters. The lowest BCUT2D eigenvalue weighted by Crippen LogP contribution is -2.45. The van der Waals surface area contributed by atoms with Gasteiger partial charge in [0.05, 0.1) is 0 Å². The Bertz CT molecular complexity index is 524. The zero-order valence-corrected chi connectivity index (χ0v) is 12.2. The fourth-order valence-electron chi connectivity index (χ4n) is 1.76. The molecule has 0 aromatic heterocycles. The predicted octanol–water partition coefficient (Wildman–Crippen LogP) is 2.20. The number of carbonyl (C=O) groups excluding carboxylic acids is 2. The molecule has 0 heterocycles. The Morgan fingerprint density at radius 1 is 1.38 bits per heavy atom. The number of amides is 1. The minimum atomic E-state index is -0.769. The van der Waals surface area contributed by atoms with Gasteiger partial charge in [0.1, 0.15) is 12.6 Å². The molecule has 0 spiro atoms. The number of alkyl carbamates (subject to hydrolysis) is 1. The van der Waals surface area contributed by atoms with Crippen LogP contribution in [0.1, 0.15) is 25.8 Å². The van der Waals surface area contributed by atoms with Crippen molar-refractivity contribution in [3.63, 3.8) is 0 Å². The standard InChI is InChI=1S/C15H19N3O3/c1-3-11(2)14(13(19)9-17-16)18-15(20)21-10-12-7-5-4-6-8-12/h4-9,11,14H,3,10H2,1-2H3,(H,18,20). The number of carbonyl (C=O) groups is 2. The molecule has 112 valence electrons. The zero-order valence-electron chi connectivity index (χ0n) is 12.2. The molecular formula is C15H19N3O3. The van der Waals surface area contributed by atoms with Crippen molar-refractivity contribution in [1.29, 1.82) is 0 Å². The van der Waals surface area contributed by atoms with E-state index >= 15 is 0 Å².